The Balaban J connectivity index is 1.42. The Labute approximate surface area is 177 Å². The molecule has 0 radical (unpaired) electrons. The number of nitrogens with zero attached hydrogens (tertiary/aromatic N) is 3. The Morgan fingerprint density at radius 2 is 1.90 bits per heavy atom. The lowest BCUT2D eigenvalue weighted by molar-refractivity contribution is -0.137. The summed E-state index contributed by atoms with van der Waals surface area (Å²) in [5.41, 5.74) is 1.09. The van der Waals surface area contributed by atoms with Gasteiger partial charge in [-0.05, 0) is 55.5 Å². The second-order valence-electron chi connectivity index (χ2n) is 7.83. The number of amides is 1. The first kappa shape index (κ1) is 20.8. The highest BCUT2D eigenvalue weighted by Crippen LogP contribution is 2.36. The molecule has 0 saturated carbocycles. The van der Waals surface area contributed by atoms with Crippen molar-refractivity contribution in [2.24, 2.45) is 5.92 Å². The van der Waals surface area contributed by atoms with Gasteiger partial charge < -0.3 is 9.64 Å². The molecule has 2 fully saturated rings. The van der Waals surface area contributed by atoms with Gasteiger partial charge >= 0.3 is 0 Å². The fourth-order valence-corrected chi connectivity index (χ4v) is 5.89. The highest BCUT2D eigenvalue weighted by atomic mass is 32.2. The van der Waals surface area contributed by atoms with Crippen molar-refractivity contribution < 1.29 is 17.9 Å². The average molecular weight is 430 g/mol. The lowest BCUT2D eigenvalue weighted by Crippen LogP contribution is -2.44. The van der Waals surface area contributed by atoms with Crippen LogP contribution in [0.25, 0.3) is 0 Å². The van der Waals surface area contributed by atoms with E-state index in [1.165, 1.54) is 10.5 Å². The second kappa shape index (κ2) is 8.73. The van der Waals surface area contributed by atoms with Gasteiger partial charge in [0, 0.05) is 37.9 Å². The quantitative estimate of drug-likeness (QED) is 0.730. The molecule has 2 aliphatic heterocycles. The van der Waals surface area contributed by atoms with Crippen LogP contribution in [0.2, 0.25) is 0 Å². The zero-order valence-corrected chi connectivity index (χ0v) is 17.9. The Hall–Kier alpha value is -2.45. The van der Waals surface area contributed by atoms with Crippen LogP contribution < -0.4 is 4.74 Å². The molecule has 7 nitrogen and oxygen atoms in total. The first-order valence-electron chi connectivity index (χ1n) is 10.4. The molecule has 0 spiro atoms. The van der Waals surface area contributed by atoms with Crippen LogP contribution in [-0.2, 0) is 14.8 Å². The zero-order chi connectivity index (χ0) is 21.1. The molecule has 0 N–H and O–H groups in total. The van der Waals surface area contributed by atoms with E-state index in [-0.39, 0.29) is 22.8 Å². The number of sulfonamides is 1. The number of aromatic nitrogens is 1. The number of rotatable bonds is 5. The first-order chi connectivity index (χ1) is 14.5. The number of hydrogen-bond donors (Lipinski definition) is 0. The molecule has 1 unspecified atom stereocenters. The minimum Gasteiger partial charge on any atom is -0.497 e. The zero-order valence-electron chi connectivity index (χ0n) is 17.1. The van der Waals surface area contributed by atoms with E-state index in [0.29, 0.717) is 25.9 Å². The first-order valence-corrected chi connectivity index (χ1v) is 11.8. The number of benzene rings is 1. The summed E-state index contributed by atoms with van der Waals surface area (Å²) in [6, 6.07) is 11.1. The molecule has 1 amide bonds. The van der Waals surface area contributed by atoms with Crippen molar-refractivity contribution >= 4 is 15.9 Å². The predicted octanol–water partition coefficient (Wildman–Crippen LogP) is 2.85. The van der Waals surface area contributed by atoms with Crippen LogP contribution in [0.15, 0.2) is 53.7 Å². The van der Waals surface area contributed by atoms with Crippen LogP contribution >= 0.6 is 0 Å². The van der Waals surface area contributed by atoms with Crippen LogP contribution in [0.1, 0.15) is 37.3 Å². The molecule has 8 heteroatoms. The van der Waals surface area contributed by atoms with Crippen LogP contribution in [0, 0.1) is 5.92 Å². The maximum atomic E-state index is 13.3. The molecule has 160 valence electrons. The third-order valence-corrected chi connectivity index (χ3v) is 7.97. The van der Waals surface area contributed by atoms with Crippen LogP contribution in [0.5, 0.6) is 5.75 Å². The van der Waals surface area contributed by atoms with Gasteiger partial charge in [-0.1, -0.05) is 12.1 Å². The molecular formula is C22H27N3O4S. The molecule has 1 atom stereocenters. The fourth-order valence-electron chi connectivity index (χ4n) is 4.45. The minimum absolute atomic E-state index is 0.0600. The van der Waals surface area contributed by atoms with E-state index in [9.17, 15) is 13.2 Å². The van der Waals surface area contributed by atoms with Crippen LogP contribution in [0.4, 0.5) is 0 Å². The number of carbonyl (C=O) groups is 1. The molecule has 0 aliphatic carbocycles. The summed E-state index contributed by atoms with van der Waals surface area (Å²) in [6.07, 6.45) is 5.92. The molecule has 2 aliphatic rings. The molecule has 0 bridgehead atoms. The fraction of sp³-hybridized carbons (Fsp3) is 0.455. The summed E-state index contributed by atoms with van der Waals surface area (Å²) in [7, 11) is -1.92. The number of pyridine rings is 1. The van der Waals surface area contributed by atoms with Crippen molar-refractivity contribution in [2.45, 2.75) is 36.6 Å². The smallest absolute Gasteiger partial charge is 0.244 e. The van der Waals surface area contributed by atoms with Gasteiger partial charge in [0.2, 0.25) is 15.9 Å². The number of methoxy groups -OCH3 is 1. The third-order valence-electron chi connectivity index (χ3n) is 6.09. The Kier molecular flexibility index (Phi) is 6.06. The maximum Gasteiger partial charge on any atom is 0.244 e. The summed E-state index contributed by atoms with van der Waals surface area (Å²) < 4.78 is 32.4. The van der Waals surface area contributed by atoms with Crippen molar-refractivity contribution in [3.8, 4) is 5.75 Å². The van der Waals surface area contributed by atoms with Crippen molar-refractivity contribution in [1.82, 2.24) is 14.2 Å². The topological polar surface area (TPSA) is 79.8 Å². The summed E-state index contributed by atoms with van der Waals surface area (Å²) in [5, 5.41) is 0. The summed E-state index contributed by atoms with van der Waals surface area (Å²) in [5.74, 6) is 0.788. The van der Waals surface area contributed by atoms with Gasteiger partial charge in [0.1, 0.15) is 10.6 Å². The van der Waals surface area contributed by atoms with Crippen LogP contribution in [0.3, 0.4) is 0 Å². The largest absolute Gasteiger partial charge is 0.497 e. The second-order valence-corrected chi connectivity index (χ2v) is 9.77. The monoisotopic (exact) mass is 429 g/mol. The maximum absolute atomic E-state index is 13.3. The van der Waals surface area contributed by atoms with Crippen molar-refractivity contribution in [3.05, 3.63) is 54.4 Å². The standard InChI is InChI=1S/C22H27N3O4S/c1-29-19-6-2-5-18(15-19)21-8-4-12-25(21)22(26)17-9-13-24(14-10-17)30(27,28)20-7-3-11-23-16-20/h2-3,5-7,11,15-17,21H,4,8-10,12-14H2,1H3. The van der Waals surface area contributed by atoms with Gasteiger partial charge in [-0.25, -0.2) is 8.42 Å². The average Bonchev–Trinajstić information content (AvgIpc) is 3.29. The SMILES string of the molecule is COc1cccc(C2CCCN2C(=O)C2CCN(S(=O)(=O)c3cccnc3)CC2)c1. The van der Waals surface area contributed by atoms with E-state index in [1.54, 1.807) is 25.4 Å². The molecule has 1 aromatic heterocycles. The Morgan fingerprint density at radius 3 is 2.60 bits per heavy atom. The normalized spacial score (nSPS) is 21.0. The van der Waals surface area contributed by atoms with Crippen molar-refractivity contribution in [1.29, 1.82) is 0 Å². The third kappa shape index (κ3) is 4.06. The van der Waals surface area contributed by atoms with E-state index in [0.717, 1.165) is 30.7 Å². The lowest BCUT2D eigenvalue weighted by atomic mass is 9.95. The van der Waals surface area contributed by atoms with Gasteiger partial charge in [-0.3, -0.25) is 9.78 Å². The van der Waals surface area contributed by atoms with Crippen LogP contribution in [-0.4, -0.2) is 55.3 Å². The molecule has 30 heavy (non-hydrogen) atoms. The van der Waals surface area contributed by atoms with Gasteiger partial charge in [-0.15, -0.1) is 0 Å². The van der Waals surface area contributed by atoms with Gasteiger partial charge in [0.05, 0.1) is 13.2 Å². The molecular weight excluding hydrogens is 402 g/mol. The Bertz CT molecular complexity index is 988. The van der Waals surface area contributed by atoms with E-state index in [1.807, 2.05) is 29.2 Å². The van der Waals surface area contributed by atoms with E-state index in [2.05, 4.69) is 4.98 Å². The summed E-state index contributed by atoms with van der Waals surface area (Å²) >= 11 is 0. The summed E-state index contributed by atoms with van der Waals surface area (Å²) in [4.78, 5) is 19.4. The predicted molar refractivity (Wildman–Crippen MR) is 112 cm³/mol. The van der Waals surface area contributed by atoms with E-state index in [4.69, 9.17) is 4.74 Å². The molecule has 2 saturated heterocycles. The molecule has 3 heterocycles. The summed E-state index contributed by atoms with van der Waals surface area (Å²) in [6.45, 7) is 1.45. The minimum atomic E-state index is -3.56. The highest BCUT2D eigenvalue weighted by molar-refractivity contribution is 7.89. The number of piperidine rings is 1. The Morgan fingerprint density at radius 1 is 1.10 bits per heavy atom. The van der Waals surface area contributed by atoms with E-state index >= 15 is 0 Å². The molecule has 1 aromatic carbocycles. The number of likely N-dealkylation sites (tertiary alicyclic amines) is 1. The van der Waals surface area contributed by atoms with Crippen molar-refractivity contribution in [3.63, 3.8) is 0 Å². The molecule has 4 rings (SSSR count). The van der Waals surface area contributed by atoms with Crippen molar-refractivity contribution in [2.75, 3.05) is 26.7 Å². The van der Waals surface area contributed by atoms with E-state index < -0.39 is 10.0 Å². The number of carbonyl (C=O) groups excluding carboxylic acids is 1. The van der Waals surface area contributed by atoms with Gasteiger partial charge in [-0.2, -0.15) is 4.31 Å². The van der Waals surface area contributed by atoms with Gasteiger partial charge in [0.25, 0.3) is 0 Å². The number of hydrogen-bond acceptors (Lipinski definition) is 5. The highest BCUT2D eigenvalue weighted by Gasteiger charge is 2.37. The lowest BCUT2D eigenvalue weighted by Gasteiger charge is -2.34. The molecule has 2 aromatic rings. The number of ether oxygens (including phenoxy) is 1. The van der Waals surface area contributed by atoms with Gasteiger partial charge in [0.15, 0.2) is 0 Å².